The fraction of sp³-hybridized carbons (Fsp3) is 0.267. The molecule has 0 amide bonds. The fourth-order valence-electron chi connectivity index (χ4n) is 2.38. The minimum absolute atomic E-state index is 0.234. The van der Waals surface area contributed by atoms with Crippen LogP contribution in [0.1, 0.15) is 29.9 Å². The van der Waals surface area contributed by atoms with Crippen LogP contribution in [0.25, 0.3) is 11.2 Å². The number of anilines is 1. The Morgan fingerprint density at radius 2 is 2.15 bits per heavy atom. The number of nitrogens with one attached hydrogen (secondary N) is 1. The first-order chi connectivity index (χ1) is 9.61. The maximum absolute atomic E-state index is 5.79. The van der Waals surface area contributed by atoms with E-state index in [9.17, 15) is 0 Å². The van der Waals surface area contributed by atoms with Gasteiger partial charge < -0.3 is 10.7 Å². The highest BCUT2D eigenvalue weighted by Crippen LogP contribution is 2.20. The standard InChI is InChI=1S/C15H17N5/c1-9-6-11(18-13(16)7-9)8-10(2)14-19-12-4-3-5-17-15(12)20-14/h3-7,10H,8H2,1-2H3,(H2,16,18)(H,17,19,20). The molecule has 0 radical (unpaired) electrons. The number of hydrogen-bond donors (Lipinski definition) is 2. The Bertz CT molecular complexity index is 694. The zero-order valence-electron chi connectivity index (χ0n) is 11.6. The first-order valence-electron chi connectivity index (χ1n) is 6.65. The van der Waals surface area contributed by atoms with Crippen molar-refractivity contribution in [3.63, 3.8) is 0 Å². The lowest BCUT2D eigenvalue weighted by Crippen LogP contribution is -2.04. The molecule has 3 aromatic heterocycles. The second kappa shape index (κ2) is 4.92. The highest BCUT2D eigenvalue weighted by molar-refractivity contribution is 5.70. The number of pyridine rings is 2. The van der Waals surface area contributed by atoms with Crippen LogP contribution in [0, 0.1) is 6.92 Å². The van der Waals surface area contributed by atoms with Crippen LogP contribution in [0.4, 0.5) is 5.82 Å². The normalized spacial score (nSPS) is 12.7. The van der Waals surface area contributed by atoms with Crippen molar-refractivity contribution in [2.75, 3.05) is 5.73 Å². The number of H-pyrrole nitrogens is 1. The van der Waals surface area contributed by atoms with Gasteiger partial charge in [-0.25, -0.2) is 15.0 Å². The van der Waals surface area contributed by atoms with Crippen molar-refractivity contribution in [2.24, 2.45) is 0 Å². The van der Waals surface area contributed by atoms with E-state index in [0.717, 1.165) is 34.7 Å². The molecule has 0 saturated heterocycles. The number of aryl methyl sites for hydroxylation is 1. The lowest BCUT2D eigenvalue weighted by atomic mass is 10.0. The summed E-state index contributed by atoms with van der Waals surface area (Å²) in [6.07, 6.45) is 2.56. The minimum atomic E-state index is 0.234. The van der Waals surface area contributed by atoms with Crippen LogP contribution >= 0.6 is 0 Å². The Kier molecular flexibility index (Phi) is 3.10. The maximum Gasteiger partial charge on any atom is 0.157 e. The molecular weight excluding hydrogens is 250 g/mol. The van der Waals surface area contributed by atoms with Crippen molar-refractivity contribution >= 4 is 17.0 Å². The molecule has 0 bridgehead atoms. The summed E-state index contributed by atoms with van der Waals surface area (Å²) in [5.41, 5.74) is 9.63. The summed E-state index contributed by atoms with van der Waals surface area (Å²) < 4.78 is 0. The van der Waals surface area contributed by atoms with Gasteiger partial charge in [0.1, 0.15) is 17.2 Å². The number of nitrogens with two attached hydrogens (primary N) is 1. The third-order valence-corrected chi connectivity index (χ3v) is 3.30. The van der Waals surface area contributed by atoms with Gasteiger partial charge in [0.2, 0.25) is 0 Å². The summed E-state index contributed by atoms with van der Waals surface area (Å²) in [4.78, 5) is 16.5. The second-order valence-electron chi connectivity index (χ2n) is 5.16. The van der Waals surface area contributed by atoms with Crippen LogP contribution in [0.5, 0.6) is 0 Å². The number of hydrogen-bond acceptors (Lipinski definition) is 4. The van der Waals surface area contributed by atoms with Gasteiger partial charge in [-0.15, -0.1) is 0 Å². The van der Waals surface area contributed by atoms with Gasteiger partial charge in [0.15, 0.2) is 5.65 Å². The van der Waals surface area contributed by atoms with E-state index >= 15 is 0 Å². The average molecular weight is 267 g/mol. The molecule has 0 fully saturated rings. The number of nitrogens with zero attached hydrogens (tertiary/aromatic N) is 3. The van der Waals surface area contributed by atoms with E-state index in [0.29, 0.717) is 5.82 Å². The maximum atomic E-state index is 5.79. The number of imidazole rings is 1. The third kappa shape index (κ3) is 2.47. The summed E-state index contributed by atoms with van der Waals surface area (Å²) in [5.74, 6) is 1.73. The Morgan fingerprint density at radius 3 is 2.90 bits per heavy atom. The number of fused-ring (bicyclic) bond motifs is 1. The lowest BCUT2D eigenvalue weighted by molar-refractivity contribution is 0.699. The van der Waals surface area contributed by atoms with Gasteiger partial charge >= 0.3 is 0 Å². The molecule has 0 aliphatic carbocycles. The lowest BCUT2D eigenvalue weighted by Gasteiger charge is -2.09. The Morgan fingerprint density at radius 1 is 1.30 bits per heavy atom. The molecule has 5 nitrogen and oxygen atoms in total. The van der Waals surface area contributed by atoms with Gasteiger partial charge in [-0.05, 0) is 43.2 Å². The Hall–Kier alpha value is -2.43. The van der Waals surface area contributed by atoms with Crippen molar-refractivity contribution in [3.05, 3.63) is 47.5 Å². The first-order valence-corrected chi connectivity index (χ1v) is 6.65. The van der Waals surface area contributed by atoms with E-state index in [4.69, 9.17) is 5.73 Å². The van der Waals surface area contributed by atoms with Crippen molar-refractivity contribution in [2.45, 2.75) is 26.2 Å². The summed E-state index contributed by atoms with van der Waals surface area (Å²) in [6.45, 7) is 4.15. The first kappa shape index (κ1) is 12.6. The highest BCUT2D eigenvalue weighted by Gasteiger charge is 2.13. The molecule has 3 rings (SSSR count). The fourth-order valence-corrected chi connectivity index (χ4v) is 2.38. The van der Waals surface area contributed by atoms with Crippen molar-refractivity contribution in [3.8, 4) is 0 Å². The van der Waals surface area contributed by atoms with Crippen LogP contribution in [0.15, 0.2) is 30.5 Å². The monoisotopic (exact) mass is 267 g/mol. The van der Waals surface area contributed by atoms with Crippen LogP contribution < -0.4 is 5.73 Å². The van der Waals surface area contributed by atoms with E-state index in [-0.39, 0.29) is 5.92 Å². The van der Waals surface area contributed by atoms with Crippen molar-refractivity contribution in [1.82, 2.24) is 19.9 Å². The van der Waals surface area contributed by atoms with Gasteiger partial charge in [-0.1, -0.05) is 6.92 Å². The van der Waals surface area contributed by atoms with E-state index < -0.39 is 0 Å². The molecule has 0 aliphatic heterocycles. The van der Waals surface area contributed by atoms with E-state index in [2.05, 4.69) is 32.9 Å². The molecule has 3 heterocycles. The molecule has 0 aliphatic rings. The number of rotatable bonds is 3. The van der Waals surface area contributed by atoms with E-state index in [1.165, 1.54) is 0 Å². The minimum Gasteiger partial charge on any atom is -0.384 e. The molecule has 1 atom stereocenters. The molecule has 5 heteroatoms. The summed E-state index contributed by atoms with van der Waals surface area (Å²) in [7, 11) is 0. The summed E-state index contributed by atoms with van der Waals surface area (Å²) in [6, 6.07) is 7.78. The molecule has 0 saturated carbocycles. The molecule has 3 aromatic rings. The van der Waals surface area contributed by atoms with Gasteiger partial charge in [0.05, 0.1) is 0 Å². The quantitative estimate of drug-likeness (QED) is 0.764. The van der Waals surface area contributed by atoms with Gasteiger partial charge in [-0.3, -0.25) is 0 Å². The van der Waals surface area contributed by atoms with Crippen LogP contribution in [-0.4, -0.2) is 19.9 Å². The second-order valence-corrected chi connectivity index (χ2v) is 5.16. The van der Waals surface area contributed by atoms with Gasteiger partial charge in [-0.2, -0.15) is 0 Å². The molecule has 0 aromatic carbocycles. The molecule has 1 unspecified atom stereocenters. The van der Waals surface area contributed by atoms with Crippen LogP contribution in [-0.2, 0) is 6.42 Å². The van der Waals surface area contributed by atoms with Crippen LogP contribution in [0.2, 0.25) is 0 Å². The highest BCUT2D eigenvalue weighted by atomic mass is 15.0. The summed E-state index contributed by atoms with van der Waals surface area (Å²) >= 11 is 0. The predicted octanol–water partition coefficient (Wildman–Crippen LogP) is 2.59. The zero-order chi connectivity index (χ0) is 14.1. The number of nitrogen functional groups attached to an aromatic ring is 1. The smallest absolute Gasteiger partial charge is 0.157 e. The van der Waals surface area contributed by atoms with E-state index in [1.807, 2.05) is 25.1 Å². The Labute approximate surface area is 117 Å². The Balaban J connectivity index is 1.86. The van der Waals surface area contributed by atoms with Gasteiger partial charge in [0, 0.05) is 17.8 Å². The molecule has 0 spiro atoms. The van der Waals surface area contributed by atoms with Gasteiger partial charge in [0.25, 0.3) is 0 Å². The van der Waals surface area contributed by atoms with Crippen LogP contribution in [0.3, 0.4) is 0 Å². The molecule has 20 heavy (non-hydrogen) atoms. The van der Waals surface area contributed by atoms with Crippen molar-refractivity contribution in [1.29, 1.82) is 0 Å². The van der Waals surface area contributed by atoms with Crippen molar-refractivity contribution < 1.29 is 0 Å². The average Bonchev–Trinajstić information content (AvgIpc) is 2.81. The number of aromatic nitrogens is 4. The largest absolute Gasteiger partial charge is 0.384 e. The zero-order valence-corrected chi connectivity index (χ0v) is 11.6. The molecule has 3 N–H and O–H groups in total. The number of aromatic amines is 1. The topological polar surface area (TPSA) is 80.5 Å². The SMILES string of the molecule is Cc1cc(N)nc(CC(C)c2nc3cccnc3[nH]2)c1. The molecular formula is C15H17N5. The van der Waals surface area contributed by atoms with E-state index in [1.54, 1.807) is 6.20 Å². The summed E-state index contributed by atoms with van der Waals surface area (Å²) in [5, 5.41) is 0. The molecule has 102 valence electrons. The third-order valence-electron chi connectivity index (χ3n) is 3.30. The predicted molar refractivity (Wildman–Crippen MR) is 79.4 cm³/mol.